The number of likely N-dealkylation sites (N-methyl/N-ethyl adjacent to an activating group) is 1. The van der Waals surface area contributed by atoms with E-state index in [9.17, 15) is 4.79 Å². The predicted octanol–water partition coefficient (Wildman–Crippen LogP) is 11.7. The van der Waals surface area contributed by atoms with E-state index in [1.807, 2.05) is 6.07 Å². The van der Waals surface area contributed by atoms with E-state index in [0.717, 1.165) is 49.4 Å². The first-order chi connectivity index (χ1) is 23.4. The van der Waals surface area contributed by atoms with E-state index < -0.39 is 0 Å². The number of fused-ring (bicyclic) bond motifs is 4. The molecule has 0 unspecified atom stereocenters. The number of carbonyl (C=O) groups excluding carboxylic acids is 1. The molecule has 0 saturated heterocycles. The number of unbranched alkanes of at least 4 members (excludes halogenated alkanes) is 2. The van der Waals surface area contributed by atoms with Crippen molar-refractivity contribution < 1.29 is 19.8 Å². The smallest absolute Gasteiger partial charge is 0.343 e. The molecule has 0 N–H and O–H groups in total. The third-order valence-corrected chi connectivity index (χ3v) is 10.8. The van der Waals surface area contributed by atoms with Crippen LogP contribution in [0.4, 0.5) is 5.69 Å². The summed E-state index contributed by atoms with van der Waals surface area (Å²) >= 11 is 5.63. The summed E-state index contributed by atoms with van der Waals surface area (Å²) in [5.74, 6) is 0.290. The van der Waals surface area contributed by atoms with Crippen LogP contribution in [0, 0.1) is 13.0 Å². The van der Waals surface area contributed by atoms with Crippen LogP contribution in [0.25, 0.3) is 21.5 Å². The van der Waals surface area contributed by atoms with Gasteiger partial charge in [0.25, 0.3) is 0 Å². The Morgan fingerprint density at radius 3 is 2.37 bits per heavy atom. The topological polar surface area (TPSA) is 20.3 Å². The van der Waals surface area contributed by atoms with E-state index >= 15 is 0 Å². The van der Waals surface area contributed by atoms with Crippen LogP contribution in [0.5, 0.6) is 0 Å². The zero-order valence-corrected chi connectivity index (χ0v) is 31.1. The van der Waals surface area contributed by atoms with Crippen LogP contribution in [0.1, 0.15) is 90.7 Å². The van der Waals surface area contributed by atoms with Gasteiger partial charge in [-0.25, -0.2) is 0 Å². The summed E-state index contributed by atoms with van der Waals surface area (Å²) in [4.78, 5) is 12.7. The molecular formula is C46H51NNiO-2. The van der Waals surface area contributed by atoms with E-state index in [2.05, 4.69) is 150 Å². The van der Waals surface area contributed by atoms with Crippen molar-refractivity contribution in [2.75, 3.05) is 11.9 Å². The number of ketones is 1. The van der Waals surface area contributed by atoms with Crippen molar-refractivity contribution >= 4 is 37.5 Å². The number of anilines is 1. The Balaban J connectivity index is 0.000000523. The van der Waals surface area contributed by atoms with E-state index in [1.165, 1.54) is 55.2 Å². The van der Waals surface area contributed by atoms with Crippen molar-refractivity contribution in [3.05, 3.63) is 144 Å². The zero-order chi connectivity index (χ0) is 35.2. The fraction of sp³-hybridized carbons (Fsp3) is 0.326. The second-order valence-corrected chi connectivity index (χ2v) is 15.0. The number of hydrogen-bond acceptors (Lipinski definition) is 2. The minimum Gasteiger partial charge on any atom is -0.343 e. The summed E-state index contributed by atoms with van der Waals surface area (Å²) in [5.41, 5.74) is 7.63. The van der Waals surface area contributed by atoms with Gasteiger partial charge in [0.15, 0.2) is 0 Å². The Morgan fingerprint density at radius 2 is 1.65 bits per heavy atom. The molecule has 0 fully saturated rings. The summed E-state index contributed by atoms with van der Waals surface area (Å²) < 4.78 is 0.976. The van der Waals surface area contributed by atoms with Crippen molar-refractivity contribution in [2.24, 2.45) is 0 Å². The van der Waals surface area contributed by atoms with E-state index in [1.54, 1.807) is 6.92 Å². The Kier molecular flexibility index (Phi) is 11.8. The quantitative estimate of drug-likeness (QED) is 0.0989. The molecular weight excluding hydrogens is 641 g/mol. The average molecular weight is 693 g/mol. The molecule has 0 radical (unpaired) electrons. The van der Waals surface area contributed by atoms with Gasteiger partial charge >= 0.3 is 218 Å². The standard InChI is InChI=1S/C39H38N.C7H13O.Ni/c1-38(2,34-21-11-18-30-16-6-8-19-32(30)34)26-12-15-28-13-10-14-29(27-28)22-25-36-39(3,4)37-33-20-9-7-17-31(33)23-24-35(37)40(36)5;1-3-4-5-6-7(2)8;/h6-9,11-12,15-20,22-25,27H,10,13-14H2,1-5H3;1,3-6H2,2H3;/q2*-1;/b15-12+,29-22+,36-25+;;. The van der Waals surface area contributed by atoms with Gasteiger partial charge in [-0.2, -0.15) is 6.42 Å². The molecule has 0 amide bonds. The van der Waals surface area contributed by atoms with Gasteiger partial charge in [-0.3, -0.25) is 0 Å². The Labute approximate surface area is 302 Å². The van der Waals surface area contributed by atoms with Crippen molar-refractivity contribution in [1.29, 1.82) is 0 Å². The molecule has 3 heteroatoms. The molecule has 2 nitrogen and oxygen atoms in total. The number of allylic oxidation sites excluding steroid dienone is 8. The van der Waals surface area contributed by atoms with Crippen LogP contribution in [0.3, 0.4) is 0 Å². The summed E-state index contributed by atoms with van der Waals surface area (Å²) in [7, 11) is 2.20. The molecule has 49 heavy (non-hydrogen) atoms. The fourth-order valence-corrected chi connectivity index (χ4v) is 7.45. The third kappa shape index (κ3) is 8.16. The number of rotatable bonds is 9. The number of hydrogen-bond donors (Lipinski definition) is 0. The molecule has 4 aromatic rings. The van der Waals surface area contributed by atoms with Crippen LogP contribution >= 0.6 is 0 Å². The number of benzene rings is 4. The second-order valence-electron chi connectivity index (χ2n) is 14.5. The van der Waals surface area contributed by atoms with Crippen LogP contribution in [-0.2, 0) is 30.7 Å². The first kappa shape index (κ1) is 36.5. The minimum atomic E-state index is -0.270. The first-order valence-corrected chi connectivity index (χ1v) is 18.2. The molecule has 4 aromatic carbocycles. The molecule has 258 valence electrons. The van der Waals surface area contributed by atoms with Gasteiger partial charge in [-0.15, -0.1) is 0 Å². The van der Waals surface area contributed by atoms with Gasteiger partial charge in [-0.05, 0) is 18.7 Å². The molecule has 1 aliphatic heterocycles. The monoisotopic (exact) mass is 691 g/mol. The molecule has 0 spiro atoms. The maximum atomic E-state index is 10.3. The molecule has 0 bridgehead atoms. The maximum absolute atomic E-state index is 10.3. The van der Waals surface area contributed by atoms with Crippen LogP contribution in [0.2, 0.25) is 0 Å². The van der Waals surface area contributed by atoms with Crippen LogP contribution < -0.4 is 4.90 Å². The van der Waals surface area contributed by atoms with E-state index in [-0.39, 0.29) is 10.8 Å². The minimum absolute atomic E-state index is 0.0685. The average Bonchev–Trinajstić information content (AvgIpc) is 3.30. The zero-order valence-electron chi connectivity index (χ0n) is 30.1. The molecule has 0 saturated carbocycles. The van der Waals surface area contributed by atoms with Crippen molar-refractivity contribution in [1.82, 2.24) is 0 Å². The summed E-state index contributed by atoms with van der Waals surface area (Å²) in [6.45, 7) is 14.5. The van der Waals surface area contributed by atoms with Crippen molar-refractivity contribution in [2.45, 2.75) is 90.4 Å². The van der Waals surface area contributed by atoms with E-state index in [4.69, 9.17) is 15.0 Å². The van der Waals surface area contributed by atoms with Gasteiger partial charge < -0.3 is 11.7 Å². The summed E-state index contributed by atoms with van der Waals surface area (Å²) in [6.07, 6.45) is 18.6. The van der Waals surface area contributed by atoms with Gasteiger partial charge in [0.2, 0.25) is 0 Å². The normalized spacial score (nSPS) is 17.4. The Hall–Kier alpha value is -3.81. The van der Waals surface area contributed by atoms with Gasteiger partial charge in [-0.1, -0.05) is 36.8 Å². The molecule has 6 rings (SSSR count). The molecule has 1 heterocycles. The Bertz CT molecular complexity index is 1960. The van der Waals surface area contributed by atoms with Gasteiger partial charge in [0.05, 0.1) is 0 Å². The number of carbonyl (C=O) groups is 1. The summed E-state index contributed by atoms with van der Waals surface area (Å²) in [6, 6.07) is 29.4. The van der Waals surface area contributed by atoms with E-state index in [0.29, 0.717) is 5.78 Å². The van der Waals surface area contributed by atoms with Crippen LogP contribution in [-0.4, -0.2) is 17.3 Å². The molecule has 0 atom stereocenters. The molecule has 0 aromatic heterocycles. The first-order valence-electron chi connectivity index (χ1n) is 17.7. The Morgan fingerprint density at radius 1 is 0.959 bits per heavy atom. The van der Waals surface area contributed by atoms with Crippen molar-refractivity contribution in [3.8, 4) is 0 Å². The summed E-state index contributed by atoms with van der Waals surface area (Å²) in [5, 5.41) is 5.12. The van der Waals surface area contributed by atoms with Crippen molar-refractivity contribution in [3.63, 3.8) is 0 Å². The SMILES string of the molecule is CN1/C(=C/C=C2C=C(/C=C/[C](=[Ni])C(C)(C)c3[c-]ccc4ccccc34)CCC/2)C(C)(C)c2c1ccc1ccccc21.[CH2-]CCCCC(C)=O. The predicted molar refractivity (Wildman–Crippen MR) is 208 cm³/mol. The third-order valence-electron chi connectivity index (χ3n) is 10.0. The molecule has 2 aliphatic rings. The second kappa shape index (κ2) is 15.8. The fourth-order valence-electron chi connectivity index (χ4n) is 7.25. The molecule has 1 aliphatic carbocycles. The number of nitrogens with zero attached hydrogens (tertiary/aromatic N) is 1. The van der Waals surface area contributed by atoms with Gasteiger partial charge in [0.1, 0.15) is 5.78 Å². The number of Topliss-reactive ketones (excluding diaryl/α,β-unsaturated/α-hetero) is 1. The van der Waals surface area contributed by atoms with Gasteiger partial charge in [0, 0.05) is 6.42 Å². The van der Waals surface area contributed by atoms with Crippen LogP contribution in [0.15, 0.2) is 120 Å².